The highest BCUT2D eigenvalue weighted by molar-refractivity contribution is 5.77. The molecule has 0 aromatic rings. The van der Waals surface area contributed by atoms with Gasteiger partial charge in [-0.15, -0.1) is 0 Å². The molecular weight excluding hydrogens is 649 g/mol. The van der Waals surface area contributed by atoms with Crippen molar-refractivity contribution < 1.29 is 46.5 Å². The smallest absolute Gasteiger partial charge is 0.459 e. The third-order valence-corrected chi connectivity index (χ3v) is 12.4. The Bertz CT molecular complexity index is 1110. The van der Waals surface area contributed by atoms with Gasteiger partial charge in [-0.25, -0.2) is 4.79 Å². The second kappa shape index (κ2) is 16.4. The number of carbonyl (C=O) groups is 3. The molecule has 0 aromatic carbocycles. The molecular formula is C40H71F3O7. The number of halogens is 3. The second-order valence-electron chi connectivity index (χ2n) is 17.2. The number of rotatable bonds is 10. The summed E-state index contributed by atoms with van der Waals surface area (Å²) in [6.07, 6.45) is 9.07. The van der Waals surface area contributed by atoms with Crippen LogP contribution in [0.3, 0.4) is 0 Å². The SMILES string of the molecule is C.C.C.C.CCC(C)(C)C(=O)OC12CC3CC(CC(C3)C1)C2.CCC(C)(C)C(=O)OC12CC3CC(CC(OCCOC(=O)C(F)(F)F)(C3)C1)C2. The van der Waals surface area contributed by atoms with Crippen LogP contribution in [0.5, 0.6) is 0 Å². The molecule has 8 aliphatic rings. The summed E-state index contributed by atoms with van der Waals surface area (Å²) >= 11 is 0. The van der Waals surface area contributed by atoms with Crippen LogP contribution in [-0.4, -0.2) is 54.1 Å². The summed E-state index contributed by atoms with van der Waals surface area (Å²) in [5.74, 6) is 0.927. The van der Waals surface area contributed by atoms with Gasteiger partial charge < -0.3 is 18.9 Å². The topological polar surface area (TPSA) is 88.1 Å². The van der Waals surface area contributed by atoms with E-state index < -0.39 is 35.4 Å². The fourth-order valence-corrected chi connectivity index (χ4v) is 9.97. The van der Waals surface area contributed by atoms with E-state index in [0.29, 0.717) is 24.7 Å². The van der Waals surface area contributed by atoms with Crippen molar-refractivity contribution in [2.75, 3.05) is 13.2 Å². The van der Waals surface area contributed by atoms with Gasteiger partial charge in [-0.1, -0.05) is 43.6 Å². The Morgan fingerprint density at radius 2 is 0.920 bits per heavy atom. The van der Waals surface area contributed by atoms with Crippen molar-refractivity contribution in [2.45, 2.75) is 184 Å². The fraction of sp³-hybridized carbons (Fsp3) is 0.925. The number of hydrogen-bond acceptors (Lipinski definition) is 7. The van der Waals surface area contributed by atoms with Gasteiger partial charge in [0.15, 0.2) is 0 Å². The molecule has 8 bridgehead atoms. The van der Waals surface area contributed by atoms with E-state index in [1.165, 1.54) is 19.3 Å². The number of carbonyl (C=O) groups excluding carboxylic acids is 3. The van der Waals surface area contributed by atoms with Crippen LogP contribution in [0.4, 0.5) is 13.2 Å². The first-order valence-corrected chi connectivity index (χ1v) is 17.7. The molecule has 2 unspecified atom stereocenters. The van der Waals surface area contributed by atoms with E-state index in [-0.39, 0.29) is 59.3 Å². The van der Waals surface area contributed by atoms with Gasteiger partial charge in [0.25, 0.3) is 0 Å². The molecule has 294 valence electrons. The molecule has 50 heavy (non-hydrogen) atoms. The van der Waals surface area contributed by atoms with Gasteiger partial charge in [0, 0.05) is 6.42 Å². The Labute approximate surface area is 301 Å². The van der Waals surface area contributed by atoms with Crippen LogP contribution in [0, 0.1) is 40.4 Å². The maximum atomic E-state index is 12.7. The lowest BCUT2D eigenvalue weighted by molar-refractivity contribution is -0.241. The van der Waals surface area contributed by atoms with Gasteiger partial charge in [0.2, 0.25) is 0 Å². The average Bonchev–Trinajstić information content (AvgIpc) is 2.93. The molecule has 7 nitrogen and oxygen atoms in total. The van der Waals surface area contributed by atoms with Gasteiger partial charge in [-0.2, -0.15) is 13.2 Å². The average molecular weight is 721 g/mol. The van der Waals surface area contributed by atoms with Crippen molar-refractivity contribution in [3.63, 3.8) is 0 Å². The molecule has 0 radical (unpaired) electrons. The van der Waals surface area contributed by atoms with Crippen LogP contribution in [0.25, 0.3) is 0 Å². The maximum Gasteiger partial charge on any atom is 0.490 e. The third kappa shape index (κ3) is 9.97. The van der Waals surface area contributed by atoms with E-state index in [0.717, 1.165) is 75.5 Å². The minimum Gasteiger partial charge on any atom is -0.459 e. The first-order chi connectivity index (χ1) is 21.3. The lowest BCUT2D eigenvalue weighted by Crippen LogP contribution is -2.62. The van der Waals surface area contributed by atoms with Gasteiger partial charge in [0.05, 0.1) is 23.0 Å². The molecule has 0 aliphatic heterocycles. The molecule has 0 heterocycles. The summed E-state index contributed by atoms with van der Waals surface area (Å²) in [5.41, 5.74) is -1.99. The largest absolute Gasteiger partial charge is 0.490 e. The van der Waals surface area contributed by atoms with E-state index in [4.69, 9.17) is 14.2 Å². The molecule has 0 spiro atoms. The molecule has 8 fully saturated rings. The number of esters is 3. The molecule has 8 rings (SSSR count). The van der Waals surface area contributed by atoms with Crippen LogP contribution in [0.15, 0.2) is 0 Å². The Morgan fingerprint density at radius 1 is 0.560 bits per heavy atom. The van der Waals surface area contributed by atoms with Crippen molar-refractivity contribution in [1.82, 2.24) is 0 Å². The van der Waals surface area contributed by atoms with Gasteiger partial charge in [-0.05, 0) is 141 Å². The highest BCUT2D eigenvalue weighted by Gasteiger charge is 2.61. The normalized spacial score (nSPS) is 34.4. The molecule has 10 heteroatoms. The number of alkyl halides is 3. The van der Waals surface area contributed by atoms with Crippen LogP contribution in [0.2, 0.25) is 0 Å². The van der Waals surface area contributed by atoms with Gasteiger partial charge in [0.1, 0.15) is 17.8 Å². The van der Waals surface area contributed by atoms with E-state index in [2.05, 4.69) is 11.7 Å². The predicted octanol–water partition coefficient (Wildman–Crippen LogP) is 10.7. The molecule has 8 saturated carbocycles. The highest BCUT2D eigenvalue weighted by atomic mass is 19.4. The Hall–Kier alpha value is -1.84. The Balaban J connectivity index is 0.000000497. The minimum atomic E-state index is -5.00. The van der Waals surface area contributed by atoms with E-state index in [1.54, 1.807) is 0 Å². The molecule has 8 aliphatic carbocycles. The van der Waals surface area contributed by atoms with Gasteiger partial charge >= 0.3 is 24.1 Å². The van der Waals surface area contributed by atoms with Crippen LogP contribution in [-0.2, 0) is 33.3 Å². The minimum absolute atomic E-state index is 0. The summed E-state index contributed by atoms with van der Waals surface area (Å²) < 4.78 is 59.0. The quantitative estimate of drug-likeness (QED) is 0.126. The molecule has 0 N–H and O–H groups in total. The van der Waals surface area contributed by atoms with Crippen molar-refractivity contribution in [2.24, 2.45) is 40.4 Å². The van der Waals surface area contributed by atoms with Crippen LogP contribution < -0.4 is 0 Å². The Kier molecular flexibility index (Phi) is 15.2. The summed E-state index contributed by atoms with van der Waals surface area (Å²) in [6, 6.07) is 0. The fourth-order valence-electron chi connectivity index (χ4n) is 9.97. The summed E-state index contributed by atoms with van der Waals surface area (Å²) in [6.45, 7) is 11.3. The van der Waals surface area contributed by atoms with Crippen molar-refractivity contribution in [1.29, 1.82) is 0 Å². The standard InChI is InChI=1S/C20H29F3O5.C16H26O2.4CH4/c1-4-17(2,3)15(24)28-19-10-13-7-14(11-19)9-18(8-13,12-19)27-6-5-26-16(25)20(21,22)23;1-4-15(2,3)14(17)18-16-8-11-5-12(9-16)7-13(6-11)10-16;;;;/h13-14H,4-12H2,1-3H3;11-13H,4-10H2,1-3H3;4*1H4. The van der Waals surface area contributed by atoms with E-state index in [9.17, 15) is 27.6 Å². The first kappa shape index (κ1) is 46.2. The summed E-state index contributed by atoms with van der Waals surface area (Å²) in [4.78, 5) is 35.9. The predicted molar refractivity (Wildman–Crippen MR) is 191 cm³/mol. The summed E-state index contributed by atoms with van der Waals surface area (Å²) in [5, 5.41) is 0. The molecule has 0 amide bonds. The zero-order valence-corrected chi connectivity index (χ0v) is 28.7. The number of hydrogen-bond donors (Lipinski definition) is 0. The van der Waals surface area contributed by atoms with E-state index >= 15 is 0 Å². The number of ether oxygens (including phenoxy) is 4. The van der Waals surface area contributed by atoms with Crippen LogP contribution in [0.1, 0.15) is 161 Å². The van der Waals surface area contributed by atoms with Gasteiger partial charge in [-0.3, -0.25) is 9.59 Å². The first-order valence-electron chi connectivity index (χ1n) is 17.7. The third-order valence-electron chi connectivity index (χ3n) is 12.4. The lowest BCUT2D eigenvalue weighted by Gasteiger charge is -2.61. The summed E-state index contributed by atoms with van der Waals surface area (Å²) in [7, 11) is 0. The molecule has 0 saturated heterocycles. The van der Waals surface area contributed by atoms with Crippen LogP contribution >= 0.6 is 0 Å². The highest BCUT2D eigenvalue weighted by Crippen LogP contribution is 2.61. The molecule has 2 atom stereocenters. The maximum absolute atomic E-state index is 12.7. The van der Waals surface area contributed by atoms with Crippen molar-refractivity contribution in [3.8, 4) is 0 Å². The monoisotopic (exact) mass is 721 g/mol. The second-order valence-corrected chi connectivity index (χ2v) is 17.2. The van der Waals surface area contributed by atoms with Crippen molar-refractivity contribution >= 4 is 17.9 Å². The van der Waals surface area contributed by atoms with E-state index in [1.807, 2.05) is 34.6 Å². The lowest BCUT2D eigenvalue weighted by atomic mass is 9.52. The van der Waals surface area contributed by atoms with Crippen molar-refractivity contribution in [3.05, 3.63) is 0 Å². The molecule has 0 aromatic heterocycles. The zero-order chi connectivity index (χ0) is 33.8. The Morgan fingerprint density at radius 3 is 1.32 bits per heavy atom. The zero-order valence-electron chi connectivity index (χ0n) is 28.7.